The molecule has 0 aromatic carbocycles. The zero-order valence-corrected chi connectivity index (χ0v) is 12.9. The molecule has 1 fully saturated rings. The minimum Gasteiger partial charge on any atom is -0.459 e. The van der Waals surface area contributed by atoms with Crippen LogP contribution in [0.25, 0.3) is 0 Å². The predicted octanol–water partition coefficient (Wildman–Crippen LogP) is 2.24. The van der Waals surface area contributed by atoms with Crippen LogP contribution < -0.4 is 10.6 Å². The van der Waals surface area contributed by atoms with Gasteiger partial charge < -0.3 is 20.0 Å². The minimum absolute atomic E-state index is 0.181. The van der Waals surface area contributed by atoms with Crippen LogP contribution in [0.5, 0.6) is 0 Å². The molecule has 24 heavy (non-hydrogen) atoms. The topological polar surface area (TPSA) is 87.5 Å². The van der Waals surface area contributed by atoms with Gasteiger partial charge in [0, 0.05) is 25.2 Å². The van der Waals surface area contributed by atoms with Crippen LogP contribution in [0.3, 0.4) is 0 Å². The highest BCUT2D eigenvalue weighted by Gasteiger charge is 2.26. The number of likely N-dealkylation sites (tertiary alicyclic amines) is 1. The van der Waals surface area contributed by atoms with Gasteiger partial charge in [-0.15, -0.1) is 0 Å². The molecule has 1 saturated heterocycles. The van der Waals surface area contributed by atoms with E-state index in [0.29, 0.717) is 13.1 Å². The first-order chi connectivity index (χ1) is 11.6. The number of halogens is 1. The highest BCUT2D eigenvalue weighted by Crippen LogP contribution is 2.15. The minimum atomic E-state index is -0.527. The molecule has 2 aromatic rings. The Kier molecular flexibility index (Phi) is 4.74. The van der Waals surface area contributed by atoms with Gasteiger partial charge in [-0.3, -0.25) is 9.78 Å². The van der Waals surface area contributed by atoms with Crippen LogP contribution in [0.4, 0.5) is 14.9 Å². The normalized spacial score (nSPS) is 17.4. The number of piperidine rings is 1. The van der Waals surface area contributed by atoms with Gasteiger partial charge in [0.1, 0.15) is 5.82 Å². The second kappa shape index (κ2) is 7.12. The lowest BCUT2D eigenvalue weighted by atomic mass is 10.1. The molecule has 3 amide bonds. The van der Waals surface area contributed by atoms with Gasteiger partial charge in [-0.25, -0.2) is 9.18 Å². The summed E-state index contributed by atoms with van der Waals surface area (Å²) in [6.45, 7) is 1.02. The number of nitrogens with zero attached hydrogens (tertiary/aromatic N) is 2. The smallest absolute Gasteiger partial charge is 0.319 e. The van der Waals surface area contributed by atoms with Crippen LogP contribution in [0, 0.1) is 5.82 Å². The molecule has 3 rings (SSSR count). The van der Waals surface area contributed by atoms with E-state index in [9.17, 15) is 14.0 Å². The molecule has 2 N–H and O–H groups in total. The Balaban J connectivity index is 1.55. The highest BCUT2D eigenvalue weighted by atomic mass is 19.1. The van der Waals surface area contributed by atoms with Crippen molar-refractivity contribution in [2.45, 2.75) is 18.9 Å². The Morgan fingerprint density at radius 2 is 2.25 bits per heavy atom. The molecule has 1 aliphatic heterocycles. The van der Waals surface area contributed by atoms with E-state index < -0.39 is 11.8 Å². The summed E-state index contributed by atoms with van der Waals surface area (Å²) in [6.07, 6.45) is 5.40. The number of rotatable bonds is 3. The van der Waals surface area contributed by atoms with E-state index >= 15 is 0 Å². The summed E-state index contributed by atoms with van der Waals surface area (Å²) >= 11 is 0. The van der Waals surface area contributed by atoms with Crippen molar-refractivity contribution in [3.05, 3.63) is 48.4 Å². The average Bonchev–Trinajstić information content (AvgIpc) is 3.08. The zero-order chi connectivity index (χ0) is 16.9. The molecule has 8 heteroatoms. The third-order valence-electron chi connectivity index (χ3n) is 3.74. The summed E-state index contributed by atoms with van der Waals surface area (Å²) in [6, 6.07) is 3.82. The number of hydrogen-bond acceptors (Lipinski definition) is 4. The van der Waals surface area contributed by atoms with Gasteiger partial charge in [-0.05, 0) is 25.0 Å². The standard InChI is InChI=1S/C16H17FN4O3/c17-11-7-13(9-18-8-11)20-16(23)19-12-3-1-5-21(10-12)15(22)14-4-2-6-24-14/h2,4,6-9,12H,1,3,5,10H2,(H2,19,20,23)/t12-/m1/s1. The number of carbonyl (C=O) groups excluding carboxylic acids is 2. The van der Waals surface area contributed by atoms with Gasteiger partial charge in [-0.2, -0.15) is 0 Å². The van der Waals surface area contributed by atoms with Gasteiger partial charge in [-0.1, -0.05) is 0 Å². The van der Waals surface area contributed by atoms with Gasteiger partial charge in [0.15, 0.2) is 5.76 Å². The van der Waals surface area contributed by atoms with Gasteiger partial charge >= 0.3 is 6.03 Å². The molecule has 0 bridgehead atoms. The van der Waals surface area contributed by atoms with Crippen LogP contribution in [-0.2, 0) is 0 Å². The maximum atomic E-state index is 13.1. The van der Waals surface area contributed by atoms with E-state index in [1.54, 1.807) is 17.0 Å². The Hall–Kier alpha value is -2.90. The van der Waals surface area contributed by atoms with Crippen molar-refractivity contribution in [2.75, 3.05) is 18.4 Å². The largest absolute Gasteiger partial charge is 0.459 e. The van der Waals surface area contributed by atoms with E-state index in [-0.39, 0.29) is 23.4 Å². The molecule has 0 spiro atoms. The molecule has 7 nitrogen and oxygen atoms in total. The second-order valence-electron chi connectivity index (χ2n) is 5.56. The number of hydrogen-bond donors (Lipinski definition) is 2. The van der Waals surface area contributed by atoms with Crippen molar-refractivity contribution in [3.63, 3.8) is 0 Å². The number of anilines is 1. The maximum Gasteiger partial charge on any atom is 0.319 e. The molecule has 2 aromatic heterocycles. The fourth-order valence-electron chi connectivity index (χ4n) is 2.67. The zero-order valence-electron chi connectivity index (χ0n) is 12.9. The number of furan rings is 1. The van der Waals surface area contributed by atoms with Crippen LogP contribution in [-0.4, -0.2) is 41.0 Å². The van der Waals surface area contributed by atoms with Crippen molar-refractivity contribution in [1.82, 2.24) is 15.2 Å². The Morgan fingerprint density at radius 3 is 3.00 bits per heavy atom. The number of carbonyl (C=O) groups is 2. The van der Waals surface area contributed by atoms with Crippen LogP contribution >= 0.6 is 0 Å². The van der Waals surface area contributed by atoms with Crippen molar-refractivity contribution in [2.24, 2.45) is 0 Å². The Morgan fingerprint density at radius 1 is 1.38 bits per heavy atom. The molecule has 1 atom stereocenters. The summed E-state index contributed by atoms with van der Waals surface area (Å²) in [5, 5.41) is 5.32. The summed E-state index contributed by atoms with van der Waals surface area (Å²) in [7, 11) is 0. The summed E-state index contributed by atoms with van der Waals surface area (Å²) in [5.41, 5.74) is 0.270. The van der Waals surface area contributed by atoms with Crippen molar-refractivity contribution in [3.8, 4) is 0 Å². The van der Waals surface area contributed by atoms with E-state index in [1.165, 1.54) is 18.5 Å². The monoisotopic (exact) mass is 332 g/mol. The van der Waals surface area contributed by atoms with Crippen LogP contribution in [0.15, 0.2) is 41.3 Å². The maximum absolute atomic E-state index is 13.1. The van der Waals surface area contributed by atoms with E-state index in [0.717, 1.165) is 19.0 Å². The Bertz CT molecular complexity index is 720. The number of amides is 3. The van der Waals surface area contributed by atoms with Crippen molar-refractivity contribution in [1.29, 1.82) is 0 Å². The molecule has 3 heterocycles. The third kappa shape index (κ3) is 3.89. The first kappa shape index (κ1) is 16.0. The first-order valence-electron chi connectivity index (χ1n) is 7.62. The summed E-state index contributed by atoms with van der Waals surface area (Å²) in [4.78, 5) is 29.6. The summed E-state index contributed by atoms with van der Waals surface area (Å²) in [5.74, 6) is -0.437. The van der Waals surface area contributed by atoms with Crippen LogP contribution in [0.1, 0.15) is 23.4 Å². The summed E-state index contributed by atoms with van der Waals surface area (Å²) < 4.78 is 18.2. The lowest BCUT2D eigenvalue weighted by molar-refractivity contribution is 0.0666. The van der Waals surface area contributed by atoms with E-state index in [1.807, 2.05) is 0 Å². The van der Waals surface area contributed by atoms with Gasteiger partial charge in [0.05, 0.1) is 24.3 Å². The highest BCUT2D eigenvalue weighted by molar-refractivity contribution is 5.92. The molecular weight excluding hydrogens is 315 g/mol. The second-order valence-corrected chi connectivity index (χ2v) is 5.56. The molecule has 1 aliphatic rings. The SMILES string of the molecule is O=C(Nc1cncc(F)c1)N[C@@H]1CCCN(C(=O)c2ccco2)C1. The van der Waals surface area contributed by atoms with Gasteiger partial charge in [0.2, 0.25) is 0 Å². The molecule has 0 radical (unpaired) electrons. The molecule has 0 saturated carbocycles. The molecular formula is C16H17FN4O3. The molecule has 0 unspecified atom stereocenters. The molecule has 0 aliphatic carbocycles. The third-order valence-corrected chi connectivity index (χ3v) is 3.74. The van der Waals surface area contributed by atoms with Crippen LogP contribution in [0.2, 0.25) is 0 Å². The van der Waals surface area contributed by atoms with E-state index in [2.05, 4.69) is 15.6 Å². The van der Waals surface area contributed by atoms with Gasteiger partial charge in [0.25, 0.3) is 5.91 Å². The number of nitrogens with one attached hydrogen (secondary N) is 2. The lowest BCUT2D eigenvalue weighted by Gasteiger charge is -2.32. The number of urea groups is 1. The fraction of sp³-hybridized carbons (Fsp3) is 0.312. The Labute approximate surface area is 137 Å². The fourth-order valence-corrected chi connectivity index (χ4v) is 2.67. The quantitative estimate of drug-likeness (QED) is 0.902. The number of aromatic nitrogens is 1. The van der Waals surface area contributed by atoms with E-state index in [4.69, 9.17) is 4.42 Å². The van der Waals surface area contributed by atoms with Crippen molar-refractivity contribution < 1.29 is 18.4 Å². The number of pyridine rings is 1. The molecule has 126 valence electrons. The lowest BCUT2D eigenvalue weighted by Crippen LogP contribution is -2.50. The average molecular weight is 332 g/mol. The predicted molar refractivity (Wildman–Crippen MR) is 84.0 cm³/mol. The van der Waals surface area contributed by atoms with Crippen molar-refractivity contribution >= 4 is 17.6 Å². The first-order valence-corrected chi connectivity index (χ1v) is 7.62.